The summed E-state index contributed by atoms with van der Waals surface area (Å²) in [4.78, 5) is 11.5. The molecular formula is C20H29N3O2. The average Bonchev–Trinajstić information content (AvgIpc) is 2.64. The highest BCUT2D eigenvalue weighted by atomic mass is 16.5. The van der Waals surface area contributed by atoms with E-state index in [2.05, 4.69) is 22.5 Å². The molecule has 0 saturated carbocycles. The number of benzene rings is 1. The van der Waals surface area contributed by atoms with Gasteiger partial charge < -0.3 is 21.1 Å². The van der Waals surface area contributed by atoms with Gasteiger partial charge in [-0.3, -0.25) is 4.79 Å². The molecule has 1 aliphatic heterocycles. The van der Waals surface area contributed by atoms with Crippen molar-refractivity contribution in [2.45, 2.75) is 51.2 Å². The number of nitrogens with one attached hydrogen (secondary N) is 2. The second-order valence-electron chi connectivity index (χ2n) is 6.33. The summed E-state index contributed by atoms with van der Waals surface area (Å²) in [5.74, 6) is 7.10. The van der Waals surface area contributed by atoms with Gasteiger partial charge in [-0.1, -0.05) is 24.8 Å². The summed E-state index contributed by atoms with van der Waals surface area (Å²) in [7, 11) is 0. The number of ether oxygens (including phenoxy) is 1. The fraction of sp³-hybridized carbons (Fsp3) is 0.550. The maximum atomic E-state index is 11.5. The Bertz CT molecular complexity index is 600. The van der Waals surface area contributed by atoms with Crippen LogP contribution in [-0.4, -0.2) is 37.7 Å². The lowest BCUT2D eigenvalue weighted by Gasteiger charge is -2.23. The van der Waals surface area contributed by atoms with Crippen LogP contribution in [0, 0.1) is 11.8 Å². The van der Waals surface area contributed by atoms with E-state index in [1.165, 1.54) is 0 Å². The van der Waals surface area contributed by atoms with Crippen molar-refractivity contribution < 1.29 is 9.53 Å². The van der Waals surface area contributed by atoms with Crippen LogP contribution in [0.3, 0.4) is 0 Å². The van der Waals surface area contributed by atoms with E-state index in [0.29, 0.717) is 13.0 Å². The van der Waals surface area contributed by atoms with E-state index in [1.54, 1.807) is 0 Å². The zero-order chi connectivity index (χ0) is 17.9. The van der Waals surface area contributed by atoms with E-state index in [1.807, 2.05) is 31.2 Å². The number of carbonyl (C=O) groups is 1. The Morgan fingerprint density at radius 2 is 2.40 bits per heavy atom. The molecule has 0 aromatic heterocycles. The van der Waals surface area contributed by atoms with Crippen LogP contribution in [0.4, 0.5) is 0 Å². The predicted molar refractivity (Wildman–Crippen MR) is 100 cm³/mol. The van der Waals surface area contributed by atoms with Gasteiger partial charge in [0.25, 0.3) is 0 Å². The van der Waals surface area contributed by atoms with E-state index in [9.17, 15) is 4.79 Å². The van der Waals surface area contributed by atoms with Crippen LogP contribution in [-0.2, 0) is 4.79 Å². The number of amides is 1. The van der Waals surface area contributed by atoms with E-state index in [0.717, 1.165) is 50.1 Å². The molecule has 0 spiro atoms. The molecule has 5 nitrogen and oxygen atoms in total. The highest BCUT2D eigenvalue weighted by Gasteiger charge is 2.14. The molecule has 1 saturated heterocycles. The van der Waals surface area contributed by atoms with E-state index < -0.39 is 6.04 Å². The van der Waals surface area contributed by atoms with Crippen molar-refractivity contribution in [1.82, 2.24) is 10.6 Å². The van der Waals surface area contributed by atoms with Crippen molar-refractivity contribution in [2.75, 3.05) is 19.6 Å². The summed E-state index contributed by atoms with van der Waals surface area (Å²) in [6.07, 6.45) is 4.70. The van der Waals surface area contributed by atoms with Crippen LogP contribution in [0.15, 0.2) is 24.3 Å². The van der Waals surface area contributed by atoms with Crippen LogP contribution in [0.25, 0.3) is 0 Å². The molecule has 1 heterocycles. The molecule has 2 atom stereocenters. The number of unbranched alkanes of at least 4 members (excludes halogenated alkanes) is 1. The highest BCUT2D eigenvalue weighted by molar-refractivity contribution is 5.81. The molecule has 0 radical (unpaired) electrons. The number of carbonyl (C=O) groups excluding carboxylic acids is 1. The van der Waals surface area contributed by atoms with E-state index in [-0.39, 0.29) is 12.0 Å². The number of hydrogen-bond donors (Lipinski definition) is 3. The molecule has 2 rings (SSSR count). The van der Waals surface area contributed by atoms with Crippen molar-refractivity contribution in [3.63, 3.8) is 0 Å². The first-order valence-electron chi connectivity index (χ1n) is 9.18. The number of piperidine rings is 1. The molecule has 1 aromatic rings. The lowest BCUT2D eigenvalue weighted by molar-refractivity contribution is -0.122. The molecule has 1 aliphatic rings. The Labute approximate surface area is 150 Å². The Hall–Kier alpha value is -2.03. The minimum atomic E-state index is -0.409. The highest BCUT2D eigenvalue weighted by Crippen LogP contribution is 2.17. The first kappa shape index (κ1) is 19.3. The van der Waals surface area contributed by atoms with Gasteiger partial charge in [-0.05, 0) is 50.4 Å². The third kappa shape index (κ3) is 7.16. The van der Waals surface area contributed by atoms with Gasteiger partial charge in [0, 0.05) is 25.1 Å². The summed E-state index contributed by atoms with van der Waals surface area (Å²) in [5.41, 5.74) is 6.62. The summed E-state index contributed by atoms with van der Waals surface area (Å²) in [5, 5.41) is 6.18. The first-order valence-corrected chi connectivity index (χ1v) is 9.18. The van der Waals surface area contributed by atoms with Gasteiger partial charge in [-0.25, -0.2) is 0 Å². The SMILES string of the molecule is CC[C@H](N)C(=O)NCCCC#Cc1cccc(O[C@H]2CCCNC2)c1. The normalized spacial score (nSPS) is 17.9. The topological polar surface area (TPSA) is 76.4 Å². The summed E-state index contributed by atoms with van der Waals surface area (Å²) in [6, 6.07) is 7.52. The molecule has 1 fully saturated rings. The maximum absolute atomic E-state index is 11.5. The first-order chi connectivity index (χ1) is 12.2. The second-order valence-corrected chi connectivity index (χ2v) is 6.33. The molecule has 0 bridgehead atoms. The van der Waals surface area contributed by atoms with Gasteiger partial charge >= 0.3 is 0 Å². The smallest absolute Gasteiger partial charge is 0.236 e. The molecule has 4 N–H and O–H groups in total. The Morgan fingerprint density at radius 1 is 1.52 bits per heavy atom. The zero-order valence-corrected chi connectivity index (χ0v) is 15.0. The third-order valence-corrected chi connectivity index (χ3v) is 4.18. The molecule has 1 aromatic carbocycles. The quantitative estimate of drug-likeness (QED) is 0.521. The van der Waals surface area contributed by atoms with Crippen molar-refractivity contribution in [1.29, 1.82) is 0 Å². The van der Waals surface area contributed by atoms with Crippen LogP contribution in [0.5, 0.6) is 5.75 Å². The fourth-order valence-electron chi connectivity index (χ4n) is 2.63. The number of rotatable bonds is 7. The van der Waals surface area contributed by atoms with Crippen LogP contribution in [0.2, 0.25) is 0 Å². The van der Waals surface area contributed by atoms with Gasteiger partial charge in [0.15, 0.2) is 0 Å². The van der Waals surface area contributed by atoms with Gasteiger partial charge in [0.05, 0.1) is 6.04 Å². The van der Waals surface area contributed by atoms with Crippen LogP contribution < -0.4 is 21.1 Å². The summed E-state index contributed by atoms with van der Waals surface area (Å²) in [6.45, 7) is 4.50. The molecular weight excluding hydrogens is 314 g/mol. The second kappa shape index (κ2) is 10.8. The van der Waals surface area contributed by atoms with E-state index >= 15 is 0 Å². The van der Waals surface area contributed by atoms with Crippen LogP contribution in [0.1, 0.15) is 44.6 Å². The molecule has 5 heteroatoms. The standard InChI is InChI=1S/C20H29N3O2/c1-2-19(21)20(24)23-13-5-3-4-8-16-9-6-10-17(14-16)25-18-11-7-12-22-15-18/h6,9-10,14,18-19,22H,2-3,5,7,11-13,15,21H2,1H3,(H,23,24)/t18-,19-/m0/s1. The fourth-order valence-corrected chi connectivity index (χ4v) is 2.63. The Balaban J connectivity index is 1.72. The molecule has 25 heavy (non-hydrogen) atoms. The predicted octanol–water partition coefficient (Wildman–Crippen LogP) is 1.80. The molecule has 0 unspecified atom stereocenters. The maximum Gasteiger partial charge on any atom is 0.236 e. The Kier molecular flexibility index (Phi) is 8.30. The van der Waals surface area contributed by atoms with Gasteiger partial charge in [-0.15, -0.1) is 0 Å². The zero-order valence-electron chi connectivity index (χ0n) is 15.0. The van der Waals surface area contributed by atoms with Crippen molar-refractivity contribution in [2.24, 2.45) is 5.73 Å². The minimum absolute atomic E-state index is 0.0856. The summed E-state index contributed by atoms with van der Waals surface area (Å²) >= 11 is 0. The van der Waals surface area contributed by atoms with Crippen molar-refractivity contribution in [3.05, 3.63) is 29.8 Å². The summed E-state index contributed by atoms with van der Waals surface area (Å²) < 4.78 is 6.01. The van der Waals surface area contributed by atoms with Gasteiger partial charge in [0.2, 0.25) is 5.91 Å². The van der Waals surface area contributed by atoms with Crippen molar-refractivity contribution >= 4 is 5.91 Å². The average molecular weight is 343 g/mol. The minimum Gasteiger partial charge on any atom is -0.489 e. The molecule has 1 amide bonds. The lowest BCUT2D eigenvalue weighted by Crippen LogP contribution is -2.40. The van der Waals surface area contributed by atoms with Crippen LogP contribution >= 0.6 is 0 Å². The monoisotopic (exact) mass is 343 g/mol. The largest absolute Gasteiger partial charge is 0.489 e. The van der Waals surface area contributed by atoms with Gasteiger partial charge in [0.1, 0.15) is 11.9 Å². The van der Waals surface area contributed by atoms with Crippen molar-refractivity contribution in [3.8, 4) is 17.6 Å². The Morgan fingerprint density at radius 3 is 3.16 bits per heavy atom. The third-order valence-electron chi connectivity index (χ3n) is 4.18. The molecule has 0 aliphatic carbocycles. The van der Waals surface area contributed by atoms with Gasteiger partial charge in [-0.2, -0.15) is 0 Å². The number of nitrogens with two attached hydrogens (primary N) is 1. The lowest BCUT2D eigenvalue weighted by atomic mass is 10.1. The molecule has 136 valence electrons. The van der Waals surface area contributed by atoms with E-state index in [4.69, 9.17) is 10.5 Å². The number of hydrogen-bond acceptors (Lipinski definition) is 4.